The Morgan fingerprint density at radius 3 is 2.45 bits per heavy atom. The van der Waals surface area contributed by atoms with Crippen molar-refractivity contribution in [1.29, 1.82) is 0 Å². The minimum absolute atomic E-state index is 0.146. The SMILES string of the molecule is CC(NCC(C)N(C)C1CC1)c1ccc(Cl)c(Cl)c1Cl. The maximum absolute atomic E-state index is 6.26. The van der Waals surface area contributed by atoms with E-state index in [2.05, 4.69) is 31.1 Å². The fourth-order valence-electron chi connectivity index (χ4n) is 2.32. The van der Waals surface area contributed by atoms with E-state index in [1.54, 1.807) is 6.07 Å². The van der Waals surface area contributed by atoms with Gasteiger partial charge in [-0.1, -0.05) is 40.9 Å². The van der Waals surface area contributed by atoms with E-state index in [0.717, 1.165) is 18.2 Å². The van der Waals surface area contributed by atoms with E-state index in [4.69, 9.17) is 34.8 Å². The molecule has 1 aliphatic carbocycles. The van der Waals surface area contributed by atoms with E-state index in [9.17, 15) is 0 Å². The Hall–Kier alpha value is 0.01000. The monoisotopic (exact) mass is 334 g/mol. The largest absolute Gasteiger partial charge is 0.309 e. The summed E-state index contributed by atoms with van der Waals surface area (Å²) in [6.45, 7) is 5.26. The smallest absolute Gasteiger partial charge is 0.0781 e. The molecule has 112 valence electrons. The molecule has 2 rings (SSSR count). The first-order valence-electron chi connectivity index (χ1n) is 7.00. The standard InChI is InChI=1S/C15H21Cl3N2/c1-9(20(3)11-4-5-11)8-19-10(2)12-6-7-13(16)15(18)14(12)17/h6-7,9-11,19H,4-5,8H2,1-3H3. The Morgan fingerprint density at radius 1 is 1.20 bits per heavy atom. The molecule has 0 amide bonds. The van der Waals surface area contributed by atoms with Crippen LogP contribution in [0.3, 0.4) is 0 Å². The molecule has 0 heterocycles. The lowest BCUT2D eigenvalue weighted by molar-refractivity contribution is 0.237. The molecular formula is C15H21Cl3N2. The van der Waals surface area contributed by atoms with Crippen molar-refractivity contribution in [1.82, 2.24) is 10.2 Å². The van der Waals surface area contributed by atoms with Gasteiger partial charge in [-0.3, -0.25) is 4.90 Å². The highest BCUT2D eigenvalue weighted by atomic mass is 35.5. The van der Waals surface area contributed by atoms with Gasteiger partial charge in [0.15, 0.2) is 0 Å². The van der Waals surface area contributed by atoms with Crippen molar-refractivity contribution in [3.63, 3.8) is 0 Å². The Balaban J connectivity index is 1.94. The van der Waals surface area contributed by atoms with Crippen LogP contribution in [-0.4, -0.2) is 30.6 Å². The summed E-state index contributed by atoms with van der Waals surface area (Å²) in [5, 5.41) is 4.99. The third-order valence-electron chi connectivity index (χ3n) is 4.07. The topological polar surface area (TPSA) is 15.3 Å². The maximum atomic E-state index is 6.26. The third-order valence-corrected chi connectivity index (χ3v) is 5.38. The molecule has 1 fully saturated rings. The molecular weight excluding hydrogens is 315 g/mol. The van der Waals surface area contributed by atoms with Crippen LogP contribution in [0.15, 0.2) is 12.1 Å². The number of nitrogens with one attached hydrogen (secondary N) is 1. The highest BCUT2D eigenvalue weighted by Crippen LogP contribution is 2.35. The normalized spacial score (nSPS) is 18.4. The van der Waals surface area contributed by atoms with E-state index >= 15 is 0 Å². The van der Waals surface area contributed by atoms with Gasteiger partial charge in [-0.25, -0.2) is 0 Å². The molecule has 1 aliphatic rings. The molecule has 0 bridgehead atoms. The van der Waals surface area contributed by atoms with Crippen LogP contribution in [0, 0.1) is 0 Å². The summed E-state index contributed by atoms with van der Waals surface area (Å²) in [6, 6.07) is 5.15. The van der Waals surface area contributed by atoms with Gasteiger partial charge in [0.1, 0.15) is 0 Å². The highest BCUT2D eigenvalue weighted by Gasteiger charge is 2.29. The average molecular weight is 336 g/mol. The molecule has 2 unspecified atom stereocenters. The lowest BCUT2D eigenvalue weighted by Gasteiger charge is -2.27. The summed E-state index contributed by atoms with van der Waals surface area (Å²) in [6.07, 6.45) is 2.66. The van der Waals surface area contributed by atoms with Gasteiger partial charge in [-0.05, 0) is 45.4 Å². The zero-order chi connectivity index (χ0) is 14.9. The fourth-order valence-corrected chi connectivity index (χ4v) is 3.02. The number of rotatable bonds is 6. The van der Waals surface area contributed by atoms with Crippen molar-refractivity contribution in [3.8, 4) is 0 Å². The van der Waals surface area contributed by atoms with Gasteiger partial charge < -0.3 is 5.32 Å². The molecule has 0 radical (unpaired) electrons. The van der Waals surface area contributed by atoms with Gasteiger partial charge in [-0.2, -0.15) is 0 Å². The summed E-state index contributed by atoms with van der Waals surface area (Å²) in [5.41, 5.74) is 0.988. The van der Waals surface area contributed by atoms with Gasteiger partial charge in [0.05, 0.1) is 15.1 Å². The predicted octanol–water partition coefficient (Wildman–Crippen LogP) is 4.78. The fraction of sp³-hybridized carbons (Fsp3) is 0.600. The Bertz CT molecular complexity index is 474. The van der Waals surface area contributed by atoms with E-state index in [1.165, 1.54) is 12.8 Å². The molecule has 1 aromatic rings. The van der Waals surface area contributed by atoms with Crippen LogP contribution in [0.4, 0.5) is 0 Å². The van der Waals surface area contributed by atoms with Crippen molar-refractivity contribution in [2.24, 2.45) is 0 Å². The Morgan fingerprint density at radius 2 is 1.85 bits per heavy atom. The number of benzene rings is 1. The van der Waals surface area contributed by atoms with Gasteiger partial charge in [0.25, 0.3) is 0 Å². The minimum atomic E-state index is 0.146. The summed E-state index contributed by atoms with van der Waals surface area (Å²) in [7, 11) is 2.20. The molecule has 0 aliphatic heterocycles. The van der Waals surface area contributed by atoms with E-state index in [0.29, 0.717) is 21.1 Å². The highest BCUT2D eigenvalue weighted by molar-refractivity contribution is 6.48. The van der Waals surface area contributed by atoms with Crippen molar-refractivity contribution in [2.45, 2.75) is 44.8 Å². The number of hydrogen-bond donors (Lipinski definition) is 1. The maximum Gasteiger partial charge on any atom is 0.0781 e. The van der Waals surface area contributed by atoms with Crippen LogP contribution in [0.25, 0.3) is 0 Å². The summed E-state index contributed by atoms with van der Waals surface area (Å²) in [4.78, 5) is 2.44. The van der Waals surface area contributed by atoms with E-state index < -0.39 is 0 Å². The second-order valence-corrected chi connectivity index (χ2v) is 6.80. The molecule has 2 atom stereocenters. The molecule has 0 spiro atoms. The zero-order valence-electron chi connectivity index (χ0n) is 12.1. The van der Waals surface area contributed by atoms with Crippen LogP contribution in [0.5, 0.6) is 0 Å². The van der Waals surface area contributed by atoms with Gasteiger partial charge in [0.2, 0.25) is 0 Å². The van der Waals surface area contributed by atoms with Gasteiger partial charge in [-0.15, -0.1) is 0 Å². The molecule has 1 aromatic carbocycles. The Labute approximate surface area is 136 Å². The molecule has 5 heteroatoms. The summed E-state index contributed by atoms with van der Waals surface area (Å²) < 4.78 is 0. The first-order valence-corrected chi connectivity index (χ1v) is 8.14. The van der Waals surface area contributed by atoms with Crippen molar-refractivity contribution in [3.05, 3.63) is 32.8 Å². The van der Waals surface area contributed by atoms with Crippen LogP contribution in [0.2, 0.25) is 15.1 Å². The quantitative estimate of drug-likeness (QED) is 0.753. The predicted molar refractivity (Wildman–Crippen MR) is 88.1 cm³/mol. The summed E-state index contributed by atoms with van der Waals surface area (Å²) in [5.74, 6) is 0. The molecule has 0 aromatic heterocycles. The van der Waals surface area contributed by atoms with Crippen LogP contribution in [-0.2, 0) is 0 Å². The molecule has 1 saturated carbocycles. The van der Waals surface area contributed by atoms with Crippen LogP contribution in [0.1, 0.15) is 38.3 Å². The Kier molecular flexibility index (Phi) is 5.61. The van der Waals surface area contributed by atoms with E-state index in [-0.39, 0.29) is 6.04 Å². The second kappa shape index (κ2) is 6.85. The minimum Gasteiger partial charge on any atom is -0.309 e. The summed E-state index contributed by atoms with van der Waals surface area (Å²) >= 11 is 18.3. The lowest BCUT2D eigenvalue weighted by Crippen LogP contribution is -2.39. The lowest BCUT2D eigenvalue weighted by atomic mass is 10.1. The first-order chi connectivity index (χ1) is 9.41. The average Bonchev–Trinajstić information content (AvgIpc) is 3.25. The van der Waals surface area contributed by atoms with Crippen molar-refractivity contribution in [2.75, 3.05) is 13.6 Å². The van der Waals surface area contributed by atoms with Crippen LogP contribution < -0.4 is 5.32 Å². The second-order valence-electron chi connectivity index (χ2n) is 5.64. The number of nitrogens with zero attached hydrogens (tertiary/aromatic N) is 1. The third kappa shape index (κ3) is 3.80. The zero-order valence-corrected chi connectivity index (χ0v) is 14.4. The molecule has 1 N–H and O–H groups in total. The first kappa shape index (κ1) is 16.4. The molecule has 20 heavy (non-hydrogen) atoms. The van der Waals surface area contributed by atoms with E-state index in [1.807, 2.05) is 6.07 Å². The van der Waals surface area contributed by atoms with Crippen molar-refractivity contribution < 1.29 is 0 Å². The van der Waals surface area contributed by atoms with Gasteiger partial charge in [0, 0.05) is 24.7 Å². The van der Waals surface area contributed by atoms with Gasteiger partial charge >= 0.3 is 0 Å². The number of halogens is 3. The van der Waals surface area contributed by atoms with Crippen LogP contribution >= 0.6 is 34.8 Å². The van der Waals surface area contributed by atoms with Crippen molar-refractivity contribution >= 4 is 34.8 Å². The number of likely N-dealkylation sites (N-methyl/N-ethyl adjacent to an activating group) is 1. The molecule has 0 saturated heterocycles. The number of hydrogen-bond acceptors (Lipinski definition) is 2. The molecule has 2 nitrogen and oxygen atoms in total.